The zero-order valence-corrected chi connectivity index (χ0v) is 27.6. The summed E-state index contributed by atoms with van der Waals surface area (Å²) in [5.74, 6) is -3.30. The summed E-state index contributed by atoms with van der Waals surface area (Å²) in [5, 5.41) is 15.6. The summed E-state index contributed by atoms with van der Waals surface area (Å²) in [6.45, 7) is 3.40. The van der Waals surface area contributed by atoms with Crippen molar-refractivity contribution in [2.75, 3.05) is 13.1 Å². The molecule has 2 N–H and O–H groups in total. The molecule has 5 rings (SSSR count). The van der Waals surface area contributed by atoms with Crippen molar-refractivity contribution in [3.8, 4) is 11.3 Å². The van der Waals surface area contributed by atoms with Crippen molar-refractivity contribution in [3.05, 3.63) is 102 Å². The van der Waals surface area contributed by atoms with E-state index in [1.165, 1.54) is 0 Å². The molecule has 0 radical (unpaired) electrons. The van der Waals surface area contributed by atoms with E-state index in [9.17, 15) is 32.7 Å². The van der Waals surface area contributed by atoms with E-state index in [1.807, 2.05) is 66.7 Å². The van der Waals surface area contributed by atoms with Gasteiger partial charge in [-0.15, -0.1) is 0 Å². The second-order valence-electron chi connectivity index (χ2n) is 13.0. The summed E-state index contributed by atoms with van der Waals surface area (Å²) in [4.78, 5) is 46.5. The van der Waals surface area contributed by atoms with Crippen molar-refractivity contribution in [2.45, 2.75) is 70.4 Å². The molecule has 49 heavy (non-hydrogen) atoms. The fourth-order valence-electron chi connectivity index (χ4n) is 6.32. The van der Waals surface area contributed by atoms with Gasteiger partial charge in [-0.05, 0) is 71.3 Å². The maximum Gasteiger partial charge on any atom is 0.471 e. The van der Waals surface area contributed by atoms with Gasteiger partial charge in [0.2, 0.25) is 11.8 Å². The highest BCUT2D eigenvalue weighted by Crippen LogP contribution is 2.27. The lowest BCUT2D eigenvalue weighted by atomic mass is 9.98. The highest BCUT2D eigenvalue weighted by atomic mass is 19.4. The number of pyridine rings is 1. The minimum absolute atomic E-state index is 0.0216. The van der Waals surface area contributed by atoms with Crippen LogP contribution in [0.15, 0.2) is 91.1 Å². The standard InChI is InChI=1S/C38H41F3N4O4/c1-25(2)19-33(45(37(49)38(39,40)41)23-27-15-16-28-10-3-4-11-29(28)21-27)36(48)43-32-14-8-18-44(24-34(32)46)35(47)22-26-9-7-12-30(20-26)31-13-5-6-17-42-31/h3-7,9-13,15-17,20-21,25,32-34,46H,8,14,18-19,22-24H2,1-2H3,(H,43,48)/t32?,33-,34?/m0/s1. The number of fused-ring (bicyclic) bond motifs is 1. The van der Waals surface area contributed by atoms with E-state index in [2.05, 4.69) is 10.3 Å². The van der Waals surface area contributed by atoms with E-state index >= 15 is 0 Å². The van der Waals surface area contributed by atoms with Crippen molar-refractivity contribution in [1.29, 1.82) is 0 Å². The topological polar surface area (TPSA) is 103 Å². The van der Waals surface area contributed by atoms with Crippen LogP contribution in [0.1, 0.15) is 44.2 Å². The minimum atomic E-state index is -5.20. The van der Waals surface area contributed by atoms with Gasteiger partial charge in [-0.3, -0.25) is 19.4 Å². The average Bonchev–Trinajstić information content (AvgIpc) is 3.26. The molecule has 1 aliphatic heterocycles. The van der Waals surface area contributed by atoms with Crippen LogP contribution in [0.3, 0.4) is 0 Å². The van der Waals surface area contributed by atoms with Crippen LogP contribution in [0.4, 0.5) is 13.2 Å². The predicted octanol–water partition coefficient (Wildman–Crippen LogP) is 5.92. The van der Waals surface area contributed by atoms with Crippen LogP contribution in [0.5, 0.6) is 0 Å². The number of alkyl halides is 3. The van der Waals surface area contributed by atoms with Crippen LogP contribution in [0, 0.1) is 5.92 Å². The van der Waals surface area contributed by atoms with Crippen LogP contribution in [0.25, 0.3) is 22.0 Å². The van der Waals surface area contributed by atoms with Gasteiger partial charge in [-0.1, -0.05) is 74.5 Å². The fourth-order valence-corrected chi connectivity index (χ4v) is 6.32. The molecule has 1 aromatic heterocycles. The Morgan fingerprint density at radius 1 is 0.959 bits per heavy atom. The number of hydrogen-bond donors (Lipinski definition) is 2. The lowest BCUT2D eigenvalue weighted by Gasteiger charge is -2.34. The van der Waals surface area contributed by atoms with E-state index in [-0.39, 0.29) is 31.2 Å². The molecule has 1 fully saturated rings. The highest BCUT2D eigenvalue weighted by Gasteiger charge is 2.46. The van der Waals surface area contributed by atoms with Gasteiger partial charge in [-0.2, -0.15) is 13.2 Å². The summed E-state index contributed by atoms with van der Waals surface area (Å²) < 4.78 is 41.9. The summed E-state index contributed by atoms with van der Waals surface area (Å²) >= 11 is 0. The van der Waals surface area contributed by atoms with Gasteiger partial charge < -0.3 is 20.2 Å². The first-order valence-corrected chi connectivity index (χ1v) is 16.5. The number of aliphatic hydroxyl groups is 1. The number of hydrogen-bond acceptors (Lipinski definition) is 5. The molecule has 0 bridgehead atoms. The van der Waals surface area contributed by atoms with Crippen LogP contribution >= 0.6 is 0 Å². The van der Waals surface area contributed by atoms with Gasteiger partial charge in [0, 0.05) is 31.4 Å². The molecule has 2 heterocycles. The van der Waals surface area contributed by atoms with Gasteiger partial charge in [0.25, 0.3) is 0 Å². The van der Waals surface area contributed by atoms with Crippen LogP contribution in [-0.4, -0.2) is 75.1 Å². The van der Waals surface area contributed by atoms with Gasteiger partial charge in [0.05, 0.1) is 24.3 Å². The van der Waals surface area contributed by atoms with Gasteiger partial charge >= 0.3 is 12.1 Å². The van der Waals surface area contributed by atoms with Gasteiger partial charge in [0.15, 0.2) is 0 Å². The first-order chi connectivity index (χ1) is 23.4. The molecule has 4 aromatic rings. The van der Waals surface area contributed by atoms with Crippen molar-refractivity contribution < 1.29 is 32.7 Å². The molecular formula is C38H41F3N4O4. The third-order valence-corrected chi connectivity index (χ3v) is 8.78. The van der Waals surface area contributed by atoms with Crippen molar-refractivity contribution in [3.63, 3.8) is 0 Å². The number of nitrogens with one attached hydrogen (secondary N) is 1. The predicted molar refractivity (Wildman–Crippen MR) is 181 cm³/mol. The second-order valence-corrected chi connectivity index (χ2v) is 13.0. The zero-order chi connectivity index (χ0) is 35.1. The lowest BCUT2D eigenvalue weighted by molar-refractivity contribution is -0.189. The molecule has 3 atom stereocenters. The Morgan fingerprint density at radius 2 is 1.71 bits per heavy atom. The molecule has 1 saturated heterocycles. The summed E-state index contributed by atoms with van der Waals surface area (Å²) in [7, 11) is 0. The maximum atomic E-state index is 14.0. The number of aromatic nitrogens is 1. The highest BCUT2D eigenvalue weighted by molar-refractivity contribution is 5.90. The number of likely N-dealkylation sites (tertiary alicyclic amines) is 1. The number of halogens is 3. The van der Waals surface area contributed by atoms with E-state index in [4.69, 9.17) is 0 Å². The fraction of sp³-hybridized carbons (Fsp3) is 0.368. The maximum absolute atomic E-state index is 14.0. The Balaban J connectivity index is 1.29. The largest absolute Gasteiger partial charge is 0.471 e. The Labute approximate surface area is 283 Å². The number of aliphatic hydroxyl groups excluding tert-OH is 1. The summed E-state index contributed by atoms with van der Waals surface area (Å²) in [6.07, 6.45) is -3.83. The number of benzene rings is 3. The van der Waals surface area contributed by atoms with Crippen molar-refractivity contribution in [2.24, 2.45) is 5.92 Å². The lowest BCUT2D eigenvalue weighted by Crippen LogP contribution is -2.57. The van der Waals surface area contributed by atoms with E-state index < -0.39 is 42.7 Å². The van der Waals surface area contributed by atoms with Gasteiger partial charge in [-0.25, -0.2) is 0 Å². The third kappa shape index (κ3) is 9.23. The first-order valence-electron chi connectivity index (χ1n) is 16.5. The Bertz CT molecular complexity index is 1760. The molecule has 1 aliphatic rings. The minimum Gasteiger partial charge on any atom is -0.389 e. The monoisotopic (exact) mass is 674 g/mol. The van der Waals surface area contributed by atoms with Crippen molar-refractivity contribution in [1.82, 2.24) is 20.1 Å². The summed E-state index contributed by atoms with van der Waals surface area (Å²) in [5.41, 5.74) is 2.89. The van der Waals surface area contributed by atoms with E-state index in [0.29, 0.717) is 29.8 Å². The normalized spacial score (nSPS) is 17.4. The molecule has 0 aliphatic carbocycles. The molecule has 0 spiro atoms. The van der Waals surface area contributed by atoms with Crippen LogP contribution in [-0.2, 0) is 27.3 Å². The number of β-amino-alcohol motifs (C(OH)–C–C–N with tert-alkyl or cyclic N) is 1. The van der Waals surface area contributed by atoms with Crippen LogP contribution < -0.4 is 5.32 Å². The molecule has 2 unspecified atom stereocenters. The third-order valence-electron chi connectivity index (χ3n) is 8.78. The number of amides is 3. The van der Waals surface area contributed by atoms with Gasteiger partial charge in [0.1, 0.15) is 6.04 Å². The number of carbonyl (C=O) groups is 3. The SMILES string of the molecule is CC(C)C[C@@H](C(=O)NC1CCCN(C(=O)Cc2cccc(-c3ccccn3)c2)CC1O)N(Cc1ccc2ccccc2c1)C(=O)C(F)(F)F. The second kappa shape index (κ2) is 15.6. The first kappa shape index (κ1) is 35.5. The number of rotatable bonds is 10. The summed E-state index contributed by atoms with van der Waals surface area (Å²) in [6, 6.07) is 23.3. The molecule has 11 heteroatoms. The Morgan fingerprint density at radius 3 is 2.43 bits per heavy atom. The number of carbonyl (C=O) groups excluding carboxylic acids is 3. The quantitative estimate of drug-likeness (QED) is 0.218. The van der Waals surface area contributed by atoms with Crippen LogP contribution in [0.2, 0.25) is 0 Å². The Kier molecular flexibility index (Phi) is 11.3. The molecule has 258 valence electrons. The molecule has 3 amide bonds. The van der Waals surface area contributed by atoms with E-state index in [1.54, 1.807) is 43.1 Å². The molecular weight excluding hydrogens is 633 g/mol. The average molecular weight is 675 g/mol. The molecule has 0 saturated carbocycles. The molecule has 3 aromatic carbocycles. The Hall–Kier alpha value is -4.77. The van der Waals surface area contributed by atoms with E-state index in [0.717, 1.165) is 27.6 Å². The molecule has 8 nitrogen and oxygen atoms in total. The smallest absolute Gasteiger partial charge is 0.389 e. The zero-order valence-electron chi connectivity index (χ0n) is 27.6. The number of nitrogens with zero attached hydrogens (tertiary/aromatic N) is 3. The van der Waals surface area contributed by atoms with Crippen molar-refractivity contribution >= 4 is 28.5 Å².